The van der Waals surface area contributed by atoms with Gasteiger partial charge in [0.25, 0.3) is 5.56 Å². The molecule has 1 aromatic heterocycles. The van der Waals surface area contributed by atoms with E-state index in [4.69, 9.17) is 0 Å². The Balaban J connectivity index is 2.57. The number of aromatic hydroxyl groups is 1. The third-order valence-electron chi connectivity index (χ3n) is 4.01. The molecule has 25 heavy (non-hydrogen) atoms. The fraction of sp³-hybridized carbons (Fsp3) is 0.353. The van der Waals surface area contributed by atoms with E-state index in [9.17, 15) is 14.7 Å². The number of aryl methyl sites for hydroxylation is 2. The number of guanidine groups is 1. The van der Waals surface area contributed by atoms with Crippen LogP contribution in [0.1, 0.15) is 11.1 Å². The summed E-state index contributed by atoms with van der Waals surface area (Å²) in [7, 11) is 6.24. The summed E-state index contributed by atoms with van der Waals surface area (Å²) in [6.07, 6.45) is 0. The molecule has 0 saturated heterocycles. The summed E-state index contributed by atoms with van der Waals surface area (Å²) in [5.74, 6) is -0.122. The van der Waals surface area contributed by atoms with E-state index < -0.39 is 17.1 Å². The topological polar surface area (TPSA) is 91.9 Å². The Hall–Kier alpha value is -3.03. The second kappa shape index (κ2) is 6.84. The molecule has 1 aromatic carbocycles. The van der Waals surface area contributed by atoms with Gasteiger partial charge in [0.15, 0.2) is 5.69 Å². The van der Waals surface area contributed by atoms with E-state index in [1.165, 1.54) is 19.7 Å². The highest BCUT2D eigenvalue weighted by atomic mass is 16.3. The summed E-state index contributed by atoms with van der Waals surface area (Å²) < 4.78 is 1.88. The maximum Gasteiger partial charge on any atom is 0.333 e. The summed E-state index contributed by atoms with van der Waals surface area (Å²) in [6.45, 7) is 4.02. The van der Waals surface area contributed by atoms with Gasteiger partial charge in [-0.1, -0.05) is 6.07 Å². The van der Waals surface area contributed by atoms with E-state index in [0.717, 1.165) is 20.4 Å². The predicted molar refractivity (Wildman–Crippen MR) is 98.9 cm³/mol. The highest BCUT2D eigenvalue weighted by Gasteiger charge is 2.16. The Labute approximate surface area is 145 Å². The van der Waals surface area contributed by atoms with Crippen molar-refractivity contribution in [3.63, 3.8) is 0 Å². The van der Waals surface area contributed by atoms with Crippen LogP contribution in [-0.2, 0) is 14.1 Å². The second-order valence-corrected chi connectivity index (χ2v) is 6.13. The first-order chi connectivity index (χ1) is 11.6. The molecule has 8 heteroatoms. The van der Waals surface area contributed by atoms with Crippen molar-refractivity contribution >= 4 is 17.3 Å². The van der Waals surface area contributed by atoms with Crippen LogP contribution in [-0.4, -0.2) is 39.2 Å². The summed E-state index contributed by atoms with van der Waals surface area (Å²) >= 11 is 0. The number of hydrogen-bond donors (Lipinski definition) is 2. The van der Waals surface area contributed by atoms with E-state index >= 15 is 0 Å². The number of aliphatic imine (C=N–C) groups is 1. The van der Waals surface area contributed by atoms with Gasteiger partial charge < -0.3 is 15.3 Å². The minimum Gasteiger partial charge on any atom is -0.493 e. The van der Waals surface area contributed by atoms with Crippen LogP contribution < -0.4 is 16.6 Å². The van der Waals surface area contributed by atoms with E-state index in [-0.39, 0.29) is 5.69 Å². The normalized spacial score (nSPS) is 11.5. The van der Waals surface area contributed by atoms with Crippen LogP contribution in [0.2, 0.25) is 0 Å². The molecule has 0 unspecified atom stereocenters. The van der Waals surface area contributed by atoms with Crippen molar-refractivity contribution in [1.82, 2.24) is 14.0 Å². The Kier molecular flexibility index (Phi) is 5.01. The highest BCUT2D eigenvalue weighted by Crippen LogP contribution is 2.20. The van der Waals surface area contributed by atoms with Gasteiger partial charge in [-0.25, -0.2) is 9.79 Å². The molecule has 0 fully saturated rings. The molecule has 0 amide bonds. The van der Waals surface area contributed by atoms with Crippen LogP contribution in [0.25, 0.3) is 0 Å². The maximum absolute atomic E-state index is 12.3. The monoisotopic (exact) mass is 345 g/mol. The first-order valence-electron chi connectivity index (χ1n) is 7.72. The largest absolute Gasteiger partial charge is 0.493 e. The lowest BCUT2D eigenvalue weighted by atomic mass is 10.1. The molecule has 0 spiro atoms. The van der Waals surface area contributed by atoms with Crippen molar-refractivity contribution in [3.05, 3.63) is 50.2 Å². The van der Waals surface area contributed by atoms with Crippen LogP contribution >= 0.6 is 0 Å². The SMILES string of the molecule is Cc1ccc(NC(=Nc2c(O)n(C)c(=O)n(C)c2=O)N(C)C)cc1C. The molecule has 134 valence electrons. The average Bonchev–Trinajstić information content (AvgIpc) is 2.57. The Bertz CT molecular complexity index is 954. The van der Waals surface area contributed by atoms with Gasteiger partial charge >= 0.3 is 5.69 Å². The number of nitrogens with one attached hydrogen (secondary N) is 1. The molecule has 2 aromatic rings. The van der Waals surface area contributed by atoms with Crippen LogP contribution in [0.3, 0.4) is 0 Å². The Morgan fingerprint density at radius 3 is 2.32 bits per heavy atom. The smallest absolute Gasteiger partial charge is 0.333 e. The molecule has 0 aliphatic carbocycles. The molecule has 0 aliphatic rings. The van der Waals surface area contributed by atoms with Crippen LogP contribution in [0.15, 0.2) is 32.8 Å². The molecule has 0 aliphatic heterocycles. The lowest BCUT2D eigenvalue weighted by Crippen LogP contribution is -2.37. The van der Waals surface area contributed by atoms with Crippen LogP contribution in [0.5, 0.6) is 5.88 Å². The third kappa shape index (κ3) is 3.57. The summed E-state index contributed by atoms with van der Waals surface area (Å²) in [5.41, 5.74) is 1.60. The van der Waals surface area contributed by atoms with Gasteiger partial charge in [0, 0.05) is 33.9 Å². The number of hydrogen-bond acceptors (Lipinski definition) is 4. The maximum atomic E-state index is 12.3. The lowest BCUT2D eigenvalue weighted by molar-refractivity contribution is 0.414. The van der Waals surface area contributed by atoms with E-state index in [1.54, 1.807) is 19.0 Å². The molecule has 1 heterocycles. The van der Waals surface area contributed by atoms with Gasteiger partial charge in [-0.2, -0.15) is 0 Å². The fourth-order valence-electron chi connectivity index (χ4n) is 2.21. The van der Waals surface area contributed by atoms with E-state index in [1.807, 2.05) is 32.0 Å². The van der Waals surface area contributed by atoms with Gasteiger partial charge in [-0.15, -0.1) is 0 Å². The zero-order valence-corrected chi connectivity index (χ0v) is 15.3. The van der Waals surface area contributed by atoms with E-state index in [0.29, 0.717) is 5.96 Å². The van der Waals surface area contributed by atoms with Crippen molar-refractivity contribution in [2.45, 2.75) is 13.8 Å². The number of aromatic nitrogens is 2. The molecule has 0 radical (unpaired) electrons. The first kappa shape index (κ1) is 18.3. The van der Waals surface area contributed by atoms with Gasteiger partial charge in [0.05, 0.1) is 0 Å². The summed E-state index contributed by atoms with van der Waals surface area (Å²) in [6, 6.07) is 5.85. The fourth-order valence-corrected chi connectivity index (χ4v) is 2.21. The van der Waals surface area contributed by atoms with Gasteiger partial charge in [-0.3, -0.25) is 13.9 Å². The first-order valence-corrected chi connectivity index (χ1v) is 7.72. The van der Waals surface area contributed by atoms with E-state index in [2.05, 4.69) is 10.3 Å². The zero-order chi connectivity index (χ0) is 18.9. The minimum absolute atomic E-state index is 0.204. The summed E-state index contributed by atoms with van der Waals surface area (Å²) in [5, 5.41) is 13.3. The van der Waals surface area contributed by atoms with Crippen molar-refractivity contribution in [1.29, 1.82) is 0 Å². The molecule has 2 N–H and O–H groups in total. The predicted octanol–water partition coefficient (Wildman–Crippen LogP) is 1.07. The van der Waals surface area contributed by atoms with Gasteiger partial charge in [-0.05, 0) is 37.1 Å². The summed E-state index contributed by atoms with van der Waals surface area (Å²) in [4.78, 5) is 30.1. The average molecular weight is 345 g/mol. The number of anilines is 1. The molecule has 2 rings (SSSR count). The number of benzene rings is 1. The van der Waals surface area contributed by atoms with Crippen molar-refractivity contribution in [3.8, 4) is 5.88 Å². The van der Waals surface area contributed by atoms with Crippen molar-refractivity contribution in [2.75, 3.05) is 19.4 Å². The standard InChI is InChI=1S/C17H23N5O3/c1-10-7-8-12(9-11(10)2)18-16(20(3)4)19-13-14(23)21(5)17(25)22(6)15(13)24/h7-9,23H,1-6H3,(H,18,19). The molecule has 8 nitrogen and oxygen atoms in total. The van der Waals surface area contributed by atoms with Crippen molar-refractivity contribution < 1.29 is 5.11 Å². The third-order valence-corrected chi connectivity index (χ3v) is 4.01. The Morgan fingerprint density at radius 1 is 1.12 bits per heavy atom. The molecular formula is C17H23N5O3. The molecule has 0 atom stereocenters. The minimum atomic E-state index is -0.665. The quantitative estimate of drug-likeness (QED) is 0.627. The molecular weight excluding hydrogens is 322 g/mol. The van der Waals surface area contributed by atoms with Gasteiger partial charge in [0.2, 0.25) is 11.8 Å². The van der Waals surface area contributed by atoms with Crippen LogP contribution in [0, 0.1) is 13.8 Å². The van der Waals surface area contributed by atoms with Gasteiger partial charge in [0.1, 0.15) is 0 Å². The number of nitrogens with zero attached hydrogens (tertiary/aromatic N) is 4. The van der Waals surface area contributed by atoms with Crippen molar-refractivity contribution in [2.24, 2.45) is 19.1 Å². The molecule has 0 saturated carbocycles. The van der Waals surface area contributed by atoms with Crippen LogP contribution in [0.4, 0.5) is 11.4 Å². The highest BCUT2D eigenvalue weighted by molar-refractivity contribution is 5.95. The second-order valence-electron chi connectivity index (χ2n) is 6.13. The lowest BCUT2D eigenvalue weighted by Gasteiger charge is -2.18. The Morgan fingerprint density at radius 2 is 1.76 bits per heavy atom. The molecule has 0 bridgehead atoms. The zero-order valence-electron chi connectivity index (χ0n) is 15.3. The number of rotatable bonds is 2.